The lowest BCUT2D eigenvalue weighted by Gasteiger charge is -2.00. The Morgan fingerprint density at radius 1 is 1.12 bits per heavy atom. The number of pyridine rings is 1. The van der Waals surface area contributed by atoms with Crippen molar-refractivity contribution in [2.24, 2.45) is 0 Å². The summed E-state index contributed by atoms with van der Waals surface area (Å²) in [5.74, 6) is 0. The van der Waals surface area contributed by atoms with E-state index in [9.17, 15) is 0 Å². The summed E-state index contributed by atoms with van der Waals surface area (Å²) in [6, 6.07) is 9.01. The number of benzene rings is 1. The molecule has 0 saturated carbocycles. The first-order valence-corrected chi connectivity index (χ1v) is 5.02. The molecule has 0 N–H and O–H groups in total. The summed E-state index contributed by atoms with van der Waals surface area (Å²) in [6.07, 6.45) is 3.39. The van der Waals surface area contributed by atoms with Crippen LogP contribution in [-0.4, -0.2) is 20.0 Å². The van der Waals surface area contributed by atoms with Crippen LogP contribution in [0.3, 0.4) is 0 Å². The normalized spacial score (nSPS) is 10.3. The Morgan fingerprint density at radius 2 is 1.94 bits per heavy atom. The molecule has 2 heterocycles. The lowest BCUT2D eigenvalue weighted by Crippen LogP contribution is -1.95. The van der Waals surface area contributed by atoms with E-state index in [1.165, 1.54) is 0 Å². The van der Waals surface area contributed by atoms with Crippen molar-refractivity contribution in [2.75, 3.05) is 0 Å². The number of hydrogen-bond acceptors (Lipinski definition) is 3. The van der Waals surface area contributed by atoms with Gasteiger partial charge in [0.1, 0.15) is 5.52 Å². The van der Waals surface area contributed by atoms with E-state index in [-0.39, 0.29) is 0 Å². The van der Waals surface area contributed by atoms with Crippen LogP contribution < -0.4 is 0 Å². The lowest BCUT2D eigenvalue weighted by molar-refractivity contribution is 0.822. The van der Waals surface area contributed by atoms with E-state index in [0.29, 0.717) is 5.69 Å². The molecule has 0 unspecified atom stereocenters. The molecule has 0 amide bonds. The maximum atomic E-state index is 7.01. The summed E-state index contributed by atoms with van der Waals surface area (Å²) in [6.45, 7) is 7.01. The molecule has 5 nitrogen and oxygen atoms in total. The van der Waals surface area contributed by atoms with Gasteiger partial charge in [-0.2, -0.15) is 0 Å². The first-order valence-electron chi connectivity index (χ1n) is 5.02. The molecule has 80 valence electrons. The van der Waals surface area contributed by atoms with Gasteiger partial charge in [-0.1, -0.05) is 11.3 Å². The van der Waals surface area contributed by atoms with E-state index in [4.69, 9.17) is 6.57 Å². The molecule has 5 heteroatoms. The van der Waals surface area contributed by atoms with Crippen molar-refractivity contribution in [1.29, 1.82) is 0 Å². The van der Waals surface area contributed by atoms with E-state index in [0.717, 1.165) is 16.7 Å². The summed E-state index contributed by atoms with van der Waals surface area (Å²) in [5, 5.41) is 8.14. The van der Waals surface area contributed by atoms with Crippen molar-refractivity contribution in [2.45, 2.75) is 0 Å². The predicted molar refractivity (Wildman–Crippen MR) is 62.9 cm³/mol. The van der Waals surface area contributed by atoms with E-state index >= 15 is 0 Å². The van der Waals surface area contributed by atoms with Gasteiger partial charge in [0.05, 0.1) is 17.8 Å². The van der Waals surface area contributed by atoms with Crippen LogP contribution in [0.1, 0.15) is 0 Å². The molecule has 0 radical (unpaired) electrons. The molecule has 3 aromatic rings. The largest absolute Gasteiger partial charge is 0.265 e. The van der Waals surface area contributed by atoms with Gasteiger partial charge in [-0.15, -0.1) is 5.10 Å². The molecule has 0 aliphatic rings. The molecule has 0 atom stereocenters. The first-order chi connectivity index (χ1) is 8.38. The number of nitrogens with zero attached hydrogens (tertiary/aromatic N) is 5. The molecule has 0 bridgehead atoms. The minimum absolute atomic E-state index is 0.579. The van der Waals surface area contributed by atoms with Crippen LogP contribution in [0.5, 0.6) is 0 Å². The summed E-state index contributed by atoms with van der Waals surface area (Å²) >= 11 is 0. The molecule has 0 aliphatic heterocycles. The molecule has 2 aromatic heterocycles. The SMILES string of the molecule is [C-]#[N+]c1ccc2nnn(-c3ccncc3)c2c1. The van der Waals surface area contributed by atoms with E-state index in [1.54, 1.807) is 35.3 Å². The van der Waals surface area contributed by atoms with Crippen molar-refractivity contribution < 1.29 is 0 Å². The van der Waals surface area contributed by atoms with Gasteiger partial charge >= 0.3 is 0 Å². The summed E-state index contributed by atoms with van der Waals surface area (Å²) < 4.78 is 1.70. The third-order valence-electron chi connectivity index (χ3n) is 2.47. The van der Waals surface area contributed by atoms with Crippen LogP contribution >= 0.6 is 0 Å². The van der Waals surface area contributed by atoms with Gasteiger partial charge < -0.3 is 0 Å². The molecule has 0 saturated heterocycles. The second kappa shape index (κ2) is 3.68. The highest BCUT2D eigenvalue weighted by molar-refractivity contribution is 5.80. The van der Waals surface area contributed by atoms with Gasteiger partial charge in [0.2, 0.25) is 0 Å². The predicted octanol–water partition coefficient (Wildman–Crippen LogP) is 2.37. The third-order valence-corrected chi connectivity index (χ3v) is 2.47. The van der Waals surface area contributed by atoms with Gasteiger partial charge in [0.15, 0.2) is 5.69 Å². The second-order valence-corrected chi connectivity index (χ2v) is 3.49. The zero-order valence-corrected chi connectivity index (χ0v) is 8.78. The maximum Gasteiger partial charge on any atom is 0.189 e. The van der Waals surface area contributed by atoms with E-state index in [2.05, 4.69) is 20.1 Å². The summed E-state index contributed by atoms with van der Waals surface area (Å²) in [4.78, 5) is 7.36. The highest BCUT2D eigenvalue weighted by atomic mass is 15.4. The summed E-state index contributed by atoms with van der Waals surface area (Å²) in [5.41, 5.74) is 3.05. The number of aromatic nitrogens is 4. The smallest absolute Gasteiger partial charge is 0.189 e. The van der Waals surface area contributed by atoms with E-state index < -0.39 is 0 Å². The Labute approximate surface area is 97.2 Å². The molecule has 3 rings (SSSR count). The fourth-order valence-electron chi connectivity index (χ4n) is 1.65. The fraction of sp³-hybridized carbons (Fsp3) is 0. The molecular weight excluding hydrogens is 214 g/mol. The number of fused-ring (bicyclic) bond motifs is 1. The quantitative estimate of drug-likeness (QED) is 0.593. The molecular formula is C12H7N5. The van der Waals surface area contributed by atoms with Crippen LogP contribution in [0.2, 0.25) is 0 Å². The topological polar surface area (TPSA) is 48.0 Å². The Kier molecular flexibility index (Phi) is 2.06. The average Bonchev–Trinajstić information content (AvgIpc) is 2.82. The van der Waals surface area contributed by atoms with E-state index in [1.807, 2.05) is 12.1 Å². The highest BCUT2D eigenvalue weighted by Crippen LogP contribution is 2.21. The van der Waals surface area contributed by atoms with Crippen LogP contribution in [-0.2, 0) is 0 Å². The Morgan fingerprint density at radius 3 is 2.71 bits per heavy atom. The lowest BCUT2D eigenvalue weighted by atomic mass is 10.2. The minimum atomic E-state index is 0.579. The Balaban J connectivity index is 2.28. The van der Waals surface area contributed by atoms with Crippen molar-refractivity contribution in [1.82, 2.24) is 20.0 Å². The van der Waals surface area contributed by atoms with Crippen molar-refractivity contribution in [3.63, 3.8) is 0 Å². The third kappa shape index (κ3) is 1.52. The molecule has 0 spiro atoms. The standard InChI is InChI=1S/C12H7N5/c1-13-9-2-3-11-12(8-9)17(16-15-11)10-4-6-14-7-5-10/h2-8H. The molecule has 0 aliphatic carbocycles. The van der Waals surface area contributed by atoms with Crippen LogP contribution in [0, 0.1) is 6.57 Å². The average molecular weight is 221 g/mol. The Bertz CT molecular complexity index is 709. The van der Waals surface area contributed by atoms with Gasteiger partial charge in [0, 0.05) is 12.4 Å². The van der Waals surface area contributed by atoms with Crippen molar-refractivity contribution >= 4 is 16.7 Å². The molecule has 1 aromatic carbocycles. The zero-order chi connectivity index (χ0) is 11.7. The number of hydrogen-bond donors (Lipinski definition) is 0. The zero-order valence-electron chi connectivity index (χ0n) is 8.78. The maximum absolute atomic E-state index is 7.01. The second-order valence-electron chi connectivity index (χ2n) is 3.49. The van der Waals surface area contributed by atoms with Gasteiger partial charge in [-0.25, -0.2) is 9.53 Å². The molecule has 0 fully saturated rings. The van der Waals surface area contributed by atoms with Crippen LogP contribution in [0.25, 0.3) is 21.6 Å². The van der Waals surface area contributed by atoms with Crippen molar-refractivity contribution in [3.05, 3.63) is 54.1 Å². The van der Waals surface area contributed by atoms with Crippen LogP contribution in [0.4, 0.5) is 5.69 Å². The fourth-order valence-corrected chi connectivity index (χ4v) is 1.65. The summed E-state index contributed by atoms with van der Waals surface area (Å²) in [7, 11) is 0. The highest BCUT2D eigenvalue weighted by Gasteiger charge is 2.06. The minimum Gasteiger partial charge on any atom is -0.265 e. The number of rotatable bonds is 1. The van der Waals surface area contributed by atoms with Crippen LogP contribution in [0.15, 0.2) is 42.7 Å². The Hall–Kier alpha value is -2.74. The molecule has 17 heavy (non-hydrogen) atoms. The monoisotopic (exact) mass is 221 g/mol. The van der Waals surface area contributed by atoms with Gasteiger partial charge in [-0.05, 0) is 24.3 Å². The van der Waals surface area contributed by atoms with Gasteiger partial charge in [-0.3, -0.25) is 4.98 Å². The van der Waals surface area contributed by atoms with Crippen molar-refractivity contribution in [3.8, 4) is 5.69 Å². The first kappa shape index (κ1) is 9.48. The van der Waals surface area contributed by atoms with Gasteiger partial charge in [0.25, 0.3) is 0 Å².